The van der Waals surface area contributed by atoms with Crippen LogP contribution in [0, 0.1) is 0 Å². The summed E-state index contributed by atoms with van der Waals surface area (Å²) in [5, 5.41) is 19.1. The lowest BCUT2D eigenvalue weighted by atomic mass is 10.1. The van der Waals surface area contributed by atoms with E-state index in [4.69, 9.17) is 19.6 Å². The van der Waals surface area contributed by atoms with Crippen LogP contribution in [0.5, 0.6) is 0 Å². The Morgan fingerprint density at radius 2 is 1.83 bits per heavy atom. The Balaban J connectivity index is 1.62. The zero-order chi connectivity index (χ0) is 24.8. The van der Waals surface area contributed by atoms with Crippen LogP contribution in [-0.4, -0.2) is 54.2 Å². The number of tetrazole rings is 1. The third kappa shape index (κ3) is 5.21. The standard InChI is InChI=1S/C24H31BrN8O2/c1-5-7-8-20-26-23(24(34-3,35-4)14-6-2)29-33(20)16-17-9-11-18(12-10-17)32-15-13-19(25)21(32)22-27-30-31-28-22/h9-13,15H,5-8,14,16H2,1-4H3,(H,27,28,30,31). The lowest BCUT2D eigenvalue weighted by molar-refractivity contribution is -0.225. The molecule has 1 aromatic carbocycles. The van der Waals surface area contributed by atoms with Gasteiger partial charge in [0.2, 0.25) is 11.6 Å². The van der Waals surface area contributed by atoms with Gasteiger partial charge in [-0.1, -0.05) is 38.8 Å². The van der Waals surface area contributed by atoms with Gasteiger partial charge in [-0.25, -0.2) is 14.8 Å². The fourth-order valence-corrected chi connectivity index (χ4v) is 4.64. The van der Waals surface area contributed by atoms with Crippen molar-refractivity contribution in [2.45, 2.75) is 58.3 Å². The predicted molar refractivity (Wildman–Crippen MR) is 135 cm³/mol. The Bertz CT molecular complexity index is 1210. The third-order valence-corrected chi connectivity index (χ3v) is 6.68. The highest BCUT2D eigenvalue weighted by molar-refractivity contribution is 9.10. The van der Waals surface area contributed by atoms with Gasteiger partial charge in [0, 0.05) is 43.4 Å². The van der Waals surface area contributed by atoms with Crippen LogP contribution in [0.2, 0.25) is 0 Å². The number of halogens is 1. The SMILES string of the molecule is CCCCc1nc(C(CCC)(OC)OC)nn1Cc1ccc(-n2ccc(Br)c2-c2nnn[nH]2)cc1. The number of H-pyrrole nitrogens is 1. The molecule has 0 fully saturated rings. The van der Waals surface area contributed by atoms with Crippen LogP contribution < -0.4 is 0 Å². The van der Waals surface area contributed by atoms with Crippen LogP contribution in [-0.2, 0) is 28.2 Å². The first-order chi connectivity index (χ1) is 17.0. The molecule has 0 spiro atoms. The molecule has 186 valence electrons. The fourth-order valence-electron chi connectivity index (χ4n) is 4.14. The maximum atomic E-state index is 5.76. The summed E-state index contributed by atoms with van der Waals surface area (Å²) in [7, 11) is 3.29. The number of methoxy groups -OCH3 is 2. The minimum Gasteiger partial charge on any atom is -0.347 e. The smallest absolute Gasteiger partial charge is 0.231 e. The second-order valence-electron chi connectivity index (χ2n) is 8.32. The van der Waals surface area contributed by atoms with Crippen LogP contribution in [0.4, 0.5) is 0 Å². The number of nitrogens with one attached hydrogen (secondary N) is 1. The first-order valence-corrected chi connectivity index (χ1v) is 12.6. The zero-order valence-electron chi connectivity index (χ0n) is 20.5. The van der Waals surface area contributed by atoms with Crippen LogP contribution in [0.3, 0.4) is 0 Å². The van der Waals surface area contributed by atoms with E-state index in [1.54, 1.807) is 14.2 Å². The molecule has 0 aliphatic carbocycles. The van der Waals surface area contributed by atoms with Gasteiger partial charge in [0.1, 0.15) is 11.5 Å². The molecule has 10 nitrogen and oxygen atoms in total. The lowest BCUT2D eigenvalue weighted by Crippen LogP contribution is -2.32. The van der Waals surface area contributed by atoms with Gasteiger partial charge in [0.15, 0.2) is 5.82 Å². The molecule has 4 rings (SSSR count). The Hall–Kier alpha value is -2.89. The van der Waals surface area contributed by atoms with E-state index in [0.717, 1.165) is 52.9 Å². The van der Waals surface area contributed by atoms with Crippen molar-refractivity contribution >= 4 is 15.9 Å². The van der Waals surface area contributed by atoms with Gasteiger partial charge in [-0.05, 0) is 56.5 Å². The van der Waals surface area contributed by atoms with E-state index < -0.39 is 5.79 Å². The van der Waals surface area contributed by atoms with Crippen molar-refractivity contribution in [3.63, 3.8) is 0 Å². The van der Waals surface area contributed by atoms with Gasteiger partial charge in [0.05, 0.1) is 6.54 Å². The van der Waals surface area contributed by atoms with Gasteiger partial charge < -0.3 is 14.0 Å². The topological polar surface area (TPSA) is 109 Å². The van der Waals surface area contributed by atoms with Crippen LogP contribution >= 0.6 is 15.9 Å². The Morgan fingerprint density at radius 1 is 1.06 bits per heavy atom. The molecule has 0 saturated carbocycles. The Kier molecular flexibility index (Phi) is 8.09. The van der Waals surface area contributed by atoms with Gasteiger partial charge in [-0.15, -0.1) is 10.2 Å². The molecule has 0 unspecified atom stereocenters. The van der Waals surface area contributed by atoms with Crippen LogP contribution in [0.25, 0.3) is 17.2 Å². The van der Waals surface area contributed by atoms with Crippen molar-refractivity contribution in [1.82, 2.24) is 40.0 Å². The lowest BCUT2D eigenvalue weighted by Gasteiger charge is -2.27. The molecule has 35 heavy (non-hydrogen) atoms. The summed E-state index contributed by atoms with van der Waals surface area (Å²) >= 11 is 3.59. The molecule has 11 heteroatoms. The monoisotopic (exact) mass is 542 g/mol. The summed E-state index contributed by atoms with van der Waals surface area (Å²) in [5.41, 5.74) is 2.97. The van der Waals surface area contributed by atoms with Crippen molar-refractivity contribution < 1.29 is 9.47 Å². The van der Waals surface area contributed by atoms with E-state index in [-0.39, 0.29) is 0 Å². The molecule has 3 aromatic heterocycles. The van der Waals surface area contributed by atoms with Crippen molar-refractivity contribution in [3.05, 3.63) is 58.2 Å². The third-order valence-electron chi connectivity index (χ3n) is 6.04. The van der Waals surface area contributed by atoms with Gasteiger partial charge in [-0.3, -0.25) is 0 Å². The fraction of sp³-hybridized carbons (Fsp3) is 0.458. The van der Waals surface area contributed by atoms with Crippen molar-refractivity contribution in [2.24, 2.45) is 0 Å². The van der Waals surface area contributed by atoms with Gasteiger partial charge in [0.25, 0.3) is 0 Å². The zero-order valence-corrected chi connectivity index (χ0v) is 22.1. The van der Waals surface area contributed by atoms with E-state index in [1.165, 1.54) is 0 Å². The molecule has 0 aliphatic heterocycles. The molecule has 0 atom stereocenters. The largest absolute Gasteiger partial charge is 0.347 e. The highest BCUT2D eigenvalue weighted by atomic mass is 79.9. The molecule has 4 aromatic rings. The minimum atomic E-state index is -0.932. The summed E-state index contributed by atoms with van der Waals surface area (Å²) in [6, 6.07) is 10.3. The average Bonchev–Trinajstić information content (AvgIpc) is 3.62. The van der Waals surface area contributed by atoms with E-state index >= 15 is 0 Å². The van der Waals surface area contributed by atoms with Crippen LogP contribution in [0.15, 0.2) is 41.0 Å². The molecule has 0 radical (unpaired) electrons. The first kappa shape index (κ1) is 25.2. The molecule has 0 amide bonds. The van der Waals surface area contributed by atoms with Crippen molar-refractivity contribution in [3.8, 4) is 17.2 Å². The summed E-state index contributed by atoms with van der Waals surface area (Å²) in [6.07, 6.45) is 6.53. The molecule has 3 heterocycles. The second kappa shape index (κ2) is 11.2. The normalized spacial score (nSPS) is 11.9. The van der Waals surface area contributed by atoms with E-state index in [1.807, 2.05) is 21.5 Å². The Labute approximate surface area is 213 Å². The van der Waals surface area contributed by atoms with E-state index in [0.29, 0.717) is 24.6 Å². The number of hydrogen-bond acceptors (Lipinski definition) is 7. The molecule has 1 N–H and O–H groups in total. The van der Waals surface area contributed by atoms with Crippen molar-refractivity contribution in [1.29, 1.82) is 0 Å². The number of rotatable bonds is 12. The summed E-state index contributed by atoms with van der Waals surface area (Å²) in [4.78, 5) is 4.85. The number of unbranched alkanes of at least 4 members (excludes halogenated alkanes) is 1. The predicted octanol–water partition coefficient (Wildman–Crippen LogP) is 4.65. The number of nitrogens with zero attached hydrogens (tertiary/aromatic N) is 7. The maximum absolute atomic E-state index is 5.76. The van der Waals surface area contributed by atoms with Crippen molar-refractivity contribution in [2.75, 3.05) is 14.2 Å². The van der Waals surface area contributed by atoms with Gasteiger partial charge in [-0.2, -0.15) is 0 Å². The summed E-state index contributed by atoms with van der Waals surface area (Å²) in [5.74, 6) is 1.18. The maximum Gasteiger partial charge on any atom is 0.231 e. The number of aromatic nitrogens is 8. The molecular weight excluding hydrogens is 512 g/mol. The highest BCUT2D eigenvalue weighted by Crippen LogP contribution is 2.31. The number of aromatic amines is 1. The summed E-state index contributed by atoms with van der Waals surface area (Å²) in [6.45, 7) is 4.88. The number of benzene rings is 1. The number of ether oxygens (including phenoxy) is 2. The molecule has 0 saturated heterocycles. The van der Waals surface area contributed by atoms with Gasteiger partial charge >= 0.3 is 0 Å². The summed E-state index contributed by atoms with van der Waals surface area (Å²) < 4.78 is 16.4. The number of aryl methyl sites for hydroxylation is 1. The quantitative estimate of drug-likeness (QED) is 0.259. The highest BCUT2D eigenvalue weighted by Gasteiger charge is 2.36. The van der Waals surface area contributed by atoms with E-state index in [2.05, 4.69) is 74.7 Å². The van der Waals surface area contributed by atoms with Crippen LogP contribution in [0.1, 0.15) is 56.7 Å². The average molecular weight is 543 g/mol. The minimum absolute atomic E-state index is 0.578. The second-order valence-corrected chi connectivity index (χ2v) is 9.18. The molecular formula is C24H31BrN8O2. The number of hydrogen-bond donors (Lipinski definition) is 1. The first-order valence-electron chi connectivity index (χ1n) is 11.8. The molecule has 0 bridgehead atoms. The van der Waals surface area contributed by atoms with E-state index in [9.17, 15) is 0 Å². The molecule has 0 aliphatic rings. The Morgan fingerprint density at radius 3 is 2.46 bits per heavy atom.